The summed E-state index contributed by atoms with van der Waals surface area (Å²) in [7, 11) is 0. The van der Waals surface area contributed by atoms with Crippen molar-refractivity contribution in [1.29, 1.82) is 0 Å². The number of hydrogen-bond acceptors (Lipinski definition) is 9. The number of benzene rings is 2. The smallest absolute Gasteiger partial charge is 0.344 e. The van der Waals surface area contributed by atoms with Crippen molar-refractivity contribution in [2.24, 2.45) is 0 Å². The predicted octanol–water partition coefficient (Wildman–Crippen LogP) is 1.61. The second-order valence-electron chi connectivity index (χ2n) is 4.78. The largest absolute Gasteiger partial charge is 0.504 e. The first-order valence-corrected chi connectivity index (χ1v) is 6.95. The normalized spacial score (nSPS) is 10.3. The lowest BCUT2D eigenvalue weighted by Crippen LogP contribution is -2.10. The molecule has 0 amide bonds. The second-order valence-corrected chi connectivity index (χ2v) is 4.78. The minimum Gasteiger partial charge on any atom is -0.504 e. The van der Waals surface area contributed by atoms with Crippen LogP contribution in [-0.4, -0.2) is 44.1 Å². The molecule has 0 heterocycles. The molecule has 0 aromatic heterocycles. The van der Waals surface area contributed by atoms with Crippen molar-refractivity contribution >= 4 is 11.9 Å². The lowest BCUT2D eigenvalue weighted by atomic mass is 10.1. The SMILES string of the molecule is CCOC(=O)c1ccc(O)c(OC(=O)c2cc(O)c(O)c(O)c2)c1O. The number of carbonyl (C=O) groups is 2. The van der Waals surface area contributed by atoms with E-state index in [4.69, 9.17) is 9.47 Å². The summed E-state index contributed by atoms with van der Waals surface area (Å²) < 4.78 is 9.55. The highest BCUT2D eigenvalue weighted by Crippen LogP contribution is 2.40. The number of phenolic OH excluding ortho intramolecular Hbond substituents is 5. The standard InChI is InChI=1S/C16H14O9/c1-2-24-16(23)8-3-4-9(17)14(12(8)20)25-15(22)7-5-10(18)13(21)11(19)6-7/h3-6,17-21H,2H2,1H3. The zero-order chi connectivity index (χ0) is 18.7. The number of esters is 2. The maximum absolute atomic E-state index is 12.1. The molecular formula is C16H14O9. The third-order valence-electron chi connectivity index (χ3n) is 3.11. The maximum atomic E-state index is 12.1. The summed E-state index contributed by atoms with van der Waals surface area (Å²) in [4.78, 5) is 23.8. The van der Waals surface area contributed by atoms with Crippen molar-refractivity contribution in [2.75, 3.05) is 6.61 Å². The summed E-state index contributed by atoms with van der Waals surface area (Å²) in [5, 5.41) is 47.8. The van der Waals surface area contributed by atoms with Gasteiger partial charge in [-0.3, -0.25) is 0 Å². The van der Waals surface area contributed by atoms with Crippen LogP contribution >= 0.6 is 0 Å². The van der Waals surface area contributed by atoms with Gasteiger partial charge in [0, 0.05) is 0 Å². The van der Waals surface area contributed by atoms with Gasteiger partial charge >= 0.3 is 11.9 Å². The molecule has 0 atom stereocenters. The summed E-state index contributed by atoms with van der Waals surface area (Å²) in [5.74, 6) is -6.62. The predicted molar refractivity (Wildman–Crippen MR) is 82.1 cm³/mol. The van der Waals surface area contributed by atoms with E-state index in [9.17, 15) is 35.1 Å². The van der Waals surface area contributed by atoms with Gasteiger partial charge in [-0.1, -0.05) is 0 Å². The molecule has 2 aromatic carbocycles. The van der Waals surface area contributed by atoms with E-state index >= 15 is 0 Å². The molecule has 2 rings (SSSR count). The van der Waals surface area contributed by atoms with E-state index in [-0.39, 0.29) is 17.7 Å². The Bertz CT molecular complexity index is 819. The number of ether oxygens (including phenoxy) is 2. The molecular weight excluding hydrogens is 336 g/mol. The Morgan fingerprint density at radius 1 is 0.880 bits per heavy atom. The summed E-state index contributed by atoms with van der Waals surface area (Å²) in [6.07, 6.45) is 0. The summed E-state index contributed by atoms with van der Waals surface area (Å²) in [6.45, 7) is 1.60. The molecule has 0 spiro atoms. The summed E-state index contributed by atoms with van der Waals surface area (Å²) in [5.41, 5.74) is -0.716. The molecule has 0 unspecified atom stereocenters. The third kappa shape index (κ3) is 3.50. The van der Waals surface area contributed by atoms with E-state index in [0.717, 1.165) is 24.3 Å². The molecule has 9 nitrogen and oxygen atoms in total. The number of rotatable bonds is 4. The average molecular weight is 350 g/mol. The van der Waals surface area contributed by atoms with Crippen molar-refractivity contribution in [3.05, 3.63) is 35.4 Å². The van der Waals surface area contributed by atoms with Gasteiger partial charge < -0.3 is 35.0 Å². The molecule has 9 heteroatoms. The van der Waals surface area contributed by atoms with Crippen molar-refractivity contribution < 1.29 is 44.6 Å². The molecule has 5 N–H and O–H groups in total. The first-order valence-electron chi connectivity index (χ1n) is 6.95. The molecule has 0 aliphatic rings. The van der Waals surface area contributed by atoms with Crippen LogP contribution in [0, 0.1) is 0 Å². The molecule has 2 aromatic rings. The van der Waals surface area contributed by atoms with Gasteiger partial charge in [-0.05, 0) is 31.2 Å². The van der Waals surface area contributed by atoms with Crippen LogP contribution in [0.3, 0.4) is 0 Å². The van der Waals surface area contributed by atoms with Crippen LogP contribution in [0.2, 0.25) is 0 Å². The Morgan fingerprint density at radius 3 is 2.04 bits per heavy atom. The van der Waals surface area contributed by atoms with Crippen molar-refractivity contribution in [2.45, 2.75) is 6.92 Å². The molecule has 0 saturated carbocycles. The topological polar surface area (TPSA) is 154 Å². The summed E-state index contributed by atoms with van der Waals surface area (Å²) in [6, 6.07) is 3.71. The van der Waals surface area contributed by atoms with Crippen LogP contribution in [0.1, 0.15) is 27.6 Å². The average Bonchev–Trinajstić information content (AvgIpc) is 2.55. The van der Waals surface area contributed by atoms with E-state index in [1.807, 2.05) is 0 Å². The third-order valence-corrected chi connectivity index (χ3v) is 3.11. The van der Waals surface area contributed by atoms with Gasteiger partial charge in [0.1, 0.15) is 5.56 Å². The zero-order valence-electron chi connectivity index (χ0n) is 12.9. The van der Waals surface area contributed by atoms with Gasteiger partial charge in [-0.15, -0.1) is 0 Å². The quantitative estimate of drug-likeness (QED) is 0.314. The fourth-order valence-corrected chi connectivity index (χ4v) is 1.91. The molecule has 0 bridgehead atoms. The zero-order valence-corrected chi connectivity index (χ0v) is 12.9. The molecule has 25 heavy (non-hydrogen) atoms. The highest BCUT2D eigenvalue weighted by molar-refractivity contribution is 5.96. The maximum Gasteiger partial charge on any atom is 0.344 e. The van der Waals surface area contributed by atoms with Crippen LogP contribution in [0.5, 0.6) is 34.5 Å². The van der Waals surface area contributed by atoms with Crippen molar-refractivity contribution in [3.63, 3.8) is 0 Å². The van der Waals surface area contributed by atoms with E-state index in [1.54, 1.807) is 6.92 Å². The Balaban J connectivity index is 2.38. The van der Waals surface area contributed by atoms with Gasteiger partial charge in [0.2, 0.25) is 5.75 Å². The van der Waals surface area contributed by atoms with E-state index in [2.05, 4.69) is 0 Å². The molecule has 0 saturated heterocycles. The lowest BCUT2D eigenvalue weighted by Gasteiger charge is -2.12. The van der Waals surface area contributed by atoms with E-state index in [0.29, 0.717) is 0 Å². The highest BCUT2D eigenvalue weighted by atomic mass is 16.6. The Kier molecular flexibility index (Phi) is 4.87. The number of phenols is 5. The van der Waals surface area contributed by atoms with Gasteiger partial charge in [0.15, 0.2) is 28.7 Å². The van der Waals surface area contributed by atoms with Crippen molar-refractivity contribution in [1.82, 2.24) is 0 Å². The van der Waals surface area contributed by atoms with E-state index < -0.39 is 46.4 Å². The lowest BCUT2D eigenvalue weighted by molar-refractivity contribution is 0.0519. The minimum atomic E-state index is -1.18. The minimum absolute atomic E-state index is 0.0420. The van der Waals surface area contributed by atoms with Crippen LogP contribution in [0.4, 0.5) is 0 Å². The number of hydrogen-bond donors (Lipinski definition) is 5. The monoisotopic (exact) mass is 350 g/mol. The highest BCUT2D eigenvalue weighted by Gasteiger charge is 2.23. The van der Waals surface area contributed by atoms with Crippen LogP contribution in [-0.2, 0) is 4.74 Å². The molecule has 0 aliphatic heterocycles. The van der Waals surface area contributed by atoms with Crippen molar-refractivity contribution in [3.8, 4) is 34.5 Å². The van der Waals surface area contributed by atoms with Gasteiger partial charge in [-0.2, -0.15) is 0 Å². The molecule has 0 fully saturated rings. The fraction of sp³-hybridized carbons (Fsp3) is 0.125. The Hall–Kier alpha value is -3.62. The first kappa shape index (κ1) is 17.7. The second kappa shape index (κ2) is 6.87. The number of carbonyl (C=O) groups excluding carboxylic acids is 2. The Labute approximate surface area is 140 Å². The van der Waals surface area contributed by atoms with E-state index in [1.165, 1.54) is 0 Å². The van der Waals surface area contributed by atoms with Crippen LogP contribution < -0.4 is 4.74 Å². The van der Waals surface area contributed by atoms with Gasteiger partial charge in [0.05, 0.1) is 12.2 Å². The molecule has 132 valence electrons. The first-order chi connectivity index (χ1) is 11.8. The Morgan fingerprint density at radius 2 is 1.48 bits per heavy atom. The van der Waals surface area contributed by atoms with Gasteiger partial charge in [-0.25, -0.2) is 9.59 Å². The molecule has 0 radical (unpaired) electrons. The number of aromatic hydroxyl groups is 5. The molecule has 0 aliphatic carbocycles. The fourth-order valence-electron chi connectivity index (χ4n) is 1.91. The van der Waals surface area contributed by atoms with Gasteiger partial charge in [0.25, 0.3) is 0 Å². The van der Waals surface area contributed by atoms with Crippen LogP contribution in [0.25, 0.3) is 0 Å². The summed E-state index contributed by atoms with van der Waals surface area (Å²) >= 11 is 0. The van der Waals surface area contributed by atoms with Crippen LogP contribution in [0.15, 0.2) is 24.3 Å².